The molecule has 4 nitrogen and oxygen atoms in total. The van der Waals surface area contributed by atoms with Gasteiger partial charge in [-0.1, -0.05) is 11.6 Å². The molecule has 0 unspecified atom stereocenters. The second kappa shape index (κ2) is 2.93. The van der Waals surface area contributed by atoms with Crippen LogP contribution in [0.25, 0.3) is 10.2 Å². The predicted molar refractivity (Wildman–Crippen MR) is 51.3 cm³/mol. The van der Waals surface area contributed by atoms with Crippen LogP contribution in [-0.4, -0.2) is 9.91 Å². The van der Waals surface area contributed by atoms with Gasteiger partial charge in [0.1, 0.15) is 0 Å². The molecule has 2 rings (SSSR count). The van der Waals surface area contributed by atoms with E-state index in [4.69, 9.17) is 11.6 Å². The Morgan fingerprint density at radius 3 is 3.00 bits per heavy atom. The summed E-state index contributed by atoms with van der Waals surface area (Å²) in [6.45, 7) is 0. The fourth-order valence-electron chi connectivity index (χ4n) is 0.964. The van der Waals surface area contributed by atoms with Gasteiger partial charge in [-0.25, -0.2) is 0 Å². The van der Waals surface area contributed by atoms with Crippen molar-refractivity contribution < 1.29 is 4.92 Å². The van der Waals surface area contributed by atoms with Crippen molar-refractivity contribution in [2.75, 3.05) is 0 Å². The van der Waals surface area contributed by atoms with Gasteiger partial charge in [-0.15, -0.1) is 0 Å². The lowest BCUT2D eigenvalue weighted by atomic mass is 10.3. The Labute approximate surface area is 81.9 Å². The normalized spacial score (nSPS) is 10.5. The van der Waals surface area contributed by atoms with Crippen LogP contribution in [0.15, 0.2) is 18.2 Å². The van der Waals surface area contributed by atoms with E-state index in [1.54, 1.807) is 18.2 Å². The predicted octanol–water partition coefficient (Wildman–Crippen LogP) is 2.86. The topological polar surface area (TPSA) is 56.0 Å². The maximum atomic E-state index is 10.4. The Balaban J connectivity index is 2.68. The van der Waals surface area contributed by atoms with Gasteiger partial charge in [-0.2, -0.15) is 0 Å². The Kier molecular flexibility index (Phi) is 1.90. The zero-order valence-corrected chi connectivity index (χ0v) is 7.80. The van der Waals surface area contributed by atoms with E-state index in [9.17, 15) is 10.1 Å². The minimum Gasteiger partial charge on any atom is -0.357 e. The standard InChI is InChI=1S/C7H3ClN2O2S/c8-4-1-2-5-6(3-4)13-7(9-5)10(11)12/h1-3H. The number of thiazole rings is 1. The van der Waals surface area contributed by atoms with E-state index in [1.807, 2.05) is 0 Å². The lowest BCUT2D eigenvalue weighted by molar-refractivity contribution is -0.384. The Hall–Kier alpha value is -1.20. The summed E-state index contributed by atoms with van der Waals surface area (Å²) in [5.41, 5.74) is 0.612. The summed E-state index contributed by atoms with van der Waals surface area (Å²) >= 11 is 6.74. The summed E-state index contributed by atoms with van der Waals surface area (Å²) in [6.07, 6.45) is 0. The van der Waals surface area contributed by atoms with Crippen LogP contribution in [0, 0.1) is 10.1 Å². The molecule has 1 aromatic heterocycles. The van der Waals surface area contributed by atoms with Crippen LogP contribution in [0.5, 0.6) is 0 Å². The van der Waals surface area contributed by atoms with Gasteiger partial charge in [0.2, 0.25) is 0 Å². The zero-order chi connectivity index (χ0) is 9.42. The maximum absolute atomic E-state index is 10.4. The minimum absolute atomic E-state index is 0.0998. The van der Waals surface area contributed by atoms with E-state index in [0.29, 0.717) is 10.5 Å². The number of rotatable bonds is 1. The molecule has 0 atom stereocenters. The Bertz CT molecular complexity index is 482. The lowest BCUT2D eigenvalue weighted by Gasteiger charge is -1.83. The average molecular weight is 215 g/mol. The van der Waals surface area contributed by atoms with Crippen molar-refractivity contribution in [2.45, 2.75) is 0 Å². The molecule has 0 N–H and O–H groups in total. The highest BCUT2D eigenvalue weighted by molar-refractivity contribution is 7.21. The van der Waals surface area contributed by atoms with Crippen LogP contribution >= 0.6 is 22.9 Å². The molecule has 0 saturated carbocycles. The first-order valence-corrected chi connectivity index (χ1v) is 4.57. The number of benzene rings is 1. The van der Waals surface area contributed by atoms with Crippen LogP contribution in [0.4, 0.5) is 5.13 Å². The first-order valence-electron chi connectivity index (χ1n) is 3.37. The first-order chi connectivity index (χ1) is 6.16. The number of hydrogen-bond donors (Lipinski definition) is 0. The zero-order valence-electron chi connectivity index (χ0n) is 6.23. The summed E-state index contributed by atoms with van der Waals surface area (Å²) in [4.78, 5) is 13.7. The molecule has 2 aromatic rings. The second-order valence-electron chi connectivity index (χ2n) is 2.37. The fourth-order valence-corrected chi connectivity index (χ4v) is 2.02. The van der Waals surface area contributed by atoms with Crippen molar-refractivity contribution in [1.82, 2.24) is 4.98 Å². The van der Waals surface area contributed by atoms with Gasteiger partial charge in [-0.3, -0.25) is 0 Å². The quantitative estimate of drug-likeness (QED) is 0.542. The van der Waals surface area contributed by atoms with Crippen LogP contribution in [0.3, 0.4) is 0 Å². The minimum atomic E-state index is -0.501. The van der Waals surface area contributed by atoms with E-state index in [0.717, 1.165) is 16.0 Å². The Morgan fingerprint density at radius 2 is 2.31 bits per heavy atom. The second-order valence-corrected chi connectivity index (χ2v) is 3.81. The van der Waals surface area contributed by atoms with E-state index in [2.05, 4.69) is 4.98 Å². The summed E-state index contributed by atoms with van der Waals surface area (Å²) in [5.74, 6) is 0. The van der Waals surface area contributed by atoms with Crippen LogP contribution in [0.1, 0.15) is 0 Å². The van der Waals surface area contributed by atoms with Gasteiger partial charge in [0, 0.05) is 5.02 Å². The highest BCUT2D eigenvalue weighted by Gasteiger charge is 2.14. The van der Waals surface area contributed by atoms with Gasteiger partial charge in [0.15, 0.2) is 5.52 Å². The van der Waals surface area contributed by atoms with Crippen LogP contribution < -0.4 is 0 Å². The molecule has 0 amide bonds. The molecule has 0 aliphatic carbocycles. The van der Waals surface area contributed by atoms with E-state index < -0.39 is 4.92 Å². The largest absolute Gasteiger partial charge is 0.424 e. The van der Waals surface area contributed by atoms with Gasteiger partial charge >= 0.3 is 5.13 Å². The van der Waals surface area contributed by atoms with Crippen molar-refractivity contribution in [1.29, 1.82) is 0 Å². The van der Waals surface area contributed by atoms with Crippen LogP contribution in [-0.2, 0) is 0 Å². The molecule has 1 heterocycles. The summed E-state index contributed by atoms with van der Waals surface area (Å²) in [6, 6.07) is 5.00. The van der Waals surface area contributed by atoms with Gasteiger partial charge < -0.3 is 10.1 Å². The van der Waals surface area contributed by atoms with E-state index >= 15 is 0 Å². The summed E-state index contributed by atoms with van der Waals surface area (Å²) in [5, 5.41) is 10.8. The van der Waals surface area contributed by atoms with Gasteiger partial charge in [-0.05, 0) is 39.4 Å². The molecule has 6 heteroatoms. The van der Waals surface area contributed by atoms with Crippen molar-refractivity contribution in [3.8, 4) is 0 Å². The third-order valence-electron chi connectivity index (χ3n) is 1.50. The van der Waals surface area contributed by atoms with Gasteiger partial charge in [0.05, 0.1) is 4.70 Å². The molecule has 66 valence electrons. The summed E-state index contributed by atoms with van der Waals surface area (Å²) < 4.78 is 0.735. The van der Waals surface area contributed by atoms with Crippen molar-refractivity contribution in [2.24, 2.45) is 0 Å². The molecule has 0 bridgehead atoms. The molecule has 0 fully saturated rings. The smallest absolute Gasteiger partial charge is 0.357 e. The molecule has 1 aromatic carbocycles. The number of halogens is 1. The summed E-state index contributed by atoms with van der Waals surface area (Å²) in [7, 11) is 0. The monoisotopic (exact) mass is 214 g/mol. The van der Waals surface area contributed by atoms with Gasteiger partial charge in [0.25, 0.3) is 0 Å². The number of fused-ring (bicyclic) bond motifs is 1. The molecular weight excluding hydrogens is 212 g/mol. The number of aromatic nitrogens is 1. The molecule has 0 aliphatic heterocycles. The van der Waals surface area contributed by atoms with E-state index in [-0.39, 0.29) is 5.13 Å². The molecule has 0 spiro atoms. The SMILES string of the molecule is O=[N+]([O-])c1nc2ccc(Cl)cc2s1. The lowest BCUT2D eigenvalue weighted by Crippen LogP contribution is -1.84. The Morgan fingerprint density at radius 1 is 1.54 bits per heavy atom. The molecule has 0 aliphatic rings. The third-order valence-corrected chi connectivity index (χ3v) is 2.70. The first kappa shape index (κ1) is 8.40. The fraction of sp³-hybridized carbons (Fsp3) is 0. The van der Waals surface area contributed by atoms with Crippen molar-refractivity contribution in [3.05, 3.63) is 33.3 Å². The number of hydrogen-bond acceptors (Lipinski definition) is 4. The molecular formula is C7H3ClN2O2S. The average Bonchev–Trinajstić information content (AvgIpc) is 2.46. The molecule has 0 saturated heterocycles. The molecule has 13 heavy (non-hydrogen) atoms. The maximum Gasteiger partial charge on any atom is 0.424 e. The number of nitro groups is 1. The van der Waals surface area contributed by atoms with Crippen LogP contribution in [0.2, 0.25) is 5.02 Å². The third kappa shape index (κ3) is 1.48. The highest BCUT2D eigenvalue weighted by Crippen LogP contribution is 2.29. The van der Waals surface area contributed by atoms with Crippen molar-refractivity contribution >= 4 is 38.3 Å². The molecule has 0 radical (unpaired) electrons. The highest BCUT2D eigenvalue weighted by atomic mass is 35.5. The number of nitrogens with zero attached hydrogens (tertiary/aromatic N) is 2. The van der Waals surface area contributed by atoms with Crippen molar-refractivity contribution in [3.63, 3.8) is 0 Å². The van der Waals surface area contributed by atoms with E-state index in [1.165, 1.54) is 0 Å².